The summed E-state index contributed by atoms with van der Waals surface area (Å²) >= 11 is 0. The average molecular weight is 171 g/mol. The van der Waals surface area contributed by atoms with Gasteiger partial charge in [0.15, 0.2) is 0 Å². The third kappa shape index (κ3) is 1.99. The molecule has 2 heteroatoms. The first kappa shape index (κ1) is 10.0. The van der Waals surface area contributed by atoms with Gasteiger partial charge < -0.3 is 4.74 Å². The minimum absolute atomic E-state index is 0.266. The second-order valence-corrected chi connectivity index (χ2v) is 4.81. The highest BCUT2D eigenvalue weighted by molar-refractivity contribution is 4.87. The summed E-state index contributed by atoms with van der Waals surface area (Å²) in [6, 6.07) is 1.10. The molecular formula is C10H21NO. The van der Waals surface area contributed by atoms with Crippen molar-refractivity contribution in [3.8, 4) is 0 Å². The fourth-order valence-corrected chi connectivity index (χ4v) is 2.33. The predicted molar refractivity (Wildman–Crippen MR) is 51.3 cm³/mol. The molecule has 1 rings (SSSR count). The maximum absolute atomic E-state index is 5.48. The summed E-state index contributed by atoms with van der Waals surface area (Å²) in [6.07, 6.45) is 0. The molecule has 1 aliphatic rings. The van der Waals surface area contributed by atoms with Crippen LogP contribution in [0.15, 0.2) is 0 Å². The fraction of sp³-hybridized carbons (Fsp3) is 1.00. The van der Waals surface area contributed by atoms with E-state index in [0.717, 1.165) is 13.2 Å². The minimum Gasteiger partial charge on any atom is -0.378 e. The van der Waals surface area contributed by atoms with Crippen molar-refractivity contribution >= 4 is 0 Å². The van der Waals surface area contributed by atoms with E-state index in [1.807, 2.05) is 0 Å². The highest BCUT2D eigenvalue weighted by atomic mass is 16.5. The van der Waals surface area contributed by atoms with E-state index >= 15 is 0 Å². The zero-order valence-corrected chi connectivity index (χ0v) is 8.92. The molecule has 1 fully saturated rings. The summed E-state index contributed by atoms with van der Waals surface area (Å²) < 4.78 is 5.48. The predicted octanol–water partition coefficient (Wildman–Crippen LogP) is 1.89. The number of ether oxygens (including phenoxy) is 1. The van der Waals surface area contributed by atoms with E-state index in [1.165, 1.54) is 0 Å². The maximum Gasteiger partial charge on any atom is 0.0620 e. The van der Waals surface area contributed by atoms with Gasteiger partial charge in [0, 0.05) is 17.6 Å². The van der Waals surface area contributed by atoms with Crippen molar-refractivity contribution in [2.45, 2.75) is 52.2 Å². The van der Waals surface area contributed by atoms with E-state index in [9.17, 15) is 0 Å². The molecule has 0 aromatic carbocycles. The lowest BCUT2D eigenvalue weighted by atomic mass is 9.99. The van der Waals surface area contributed by atoms with E-state index in [-0.39, 0.29) is 5.54 Å². The van der Waals surface area contributed by atoms with Crippen LogP contribution >= 0.6 is 0 Å². The van der Waals surface area contributed by atoms with Crippen LogP contribution < -0.4 is 0 Å². The number of hydrogen-bond acceptors (Lipinski definition) is 2. The molecular weight excluding hydrogens is 150 g/mol. The van der Waals surface area contributed by atoms with Crippen LogP contribution in [0.5, 0.6) is 0 Å². The Hall–Kier alpha value is -0.0800. The zero-order chi connectivity index (χ0) is 9.35. The second kappa shape index (κ2) is 3.35. The summed E-state index contributed by atoms with van der Waals surface area (Å²) in [7, 11) is 0. The Kier molecular flexibility index (Phi) is 2.79. The fourth-order valence-electron chi connectivity index (χ4n) is 2.33. The van der Waals surface area contributed by atoms with Gasteiger partial charge in [-0.25, -0.2) is 0 Å². The van der Waals surface area contributed by atoms with Crippen LogP contribution in [0.1, 0.15) is 34.6 Å². The molecule has 0 spiro atoms. The van der Waals surface area contributed by atoms with Crippen molar-refractivity contribution in [3.63, 3.8) is 0 Å². The lowest BCUT2D eigenvalue weighted by Crippen LogP contribution is -2.57. The van der Waals surface area contributed by atoms with Crippen LogP contribution in [0, 0.1) is 0 Å². The number of nitrogens with zero attached hydrogens (tertiary/aromatic N) is 1. The Bertz CT molecular complexity index is 140. The van der Waals surface area contributed by atoms with Crippen molar-refractivity contribution in [2.24, 2.45) is 0 Å². The van der Waals surface area contributed by atoms with Crippen LogP contribution in [-0.2, 0) is 4.74 Å². The van der Waals surface area contributed by atoms with Gasteiger partial charge in [-0.3, -0.25) is 4.90 Å². The normalized spacial score (nSPS) is 33.8. The first-order valence-corrected chi connectivity index (χ1v) is 4.79. The minimum atomic E-state index is 0.266. The molecule has 2 nitrogen and oxygen atoms in total. The Morgan fingerprint density at radius 2 is 1.50 bits per heavy atom. The summed E-state index contributed by atoms with van der Waals surface area (Å²) in [4.78, 5) is 2.54. The molecule has 0 aromatic heterocycles. The summed E-state index contributed by atoms with van der Waals surface area (Å²) in [6.45, 7) is 13.0. The Morgan fingerprint density at radius 3 is 1.75 bits per heavy atom. The molecule has 1 saturated heterocycles. The highest BCUT2D eigenvalue weighted by Gasteiger charge is 2.33. The van der Waals surface area contributed by atoms with Gasteiger partial charge in [-0.1, -0.05) is 0 Å². The topological polar surface area (TPSA) is 12.5 Å². The molecule has 12 heavy (non-hydrogen) atoms. The van der Waals surface area contributed by atoms with Crippen molar-refractivity contribution in [3.05, 3.63) is 0 Å². The van der Waals surface area contributed by atoms with Crippen molar-refractivity contribution in [2.75, 3.05) is 13.2 Å². The van der Waals surface area contributed by atoms with Gasteiger partial charge in [0.05, 0.1) is 13.2 Å². The van der Waals surface area contributed by atoms with Gasteiger partial charge in [-0.05, 0) is 34.6 Å². The Morgan fingerprint density at radius 1 is 1.08 bits per heavy atom. The third-order valence-corrected chi connectivity index (χ3v) is 2.44. The van der Waals surface area contributed by atoms with Crippen molar-refractivity contribution in [1.82, 2.24) is 4.90 Å². The third-order valence-electron chi connectivity index (χ3n) is 2.44. The molecule has 0 N–H and O–H groups in total. The number of morpholine rings is 1. The van der Waals surface area contributed by atoms with E-state index in [4.69, 9.17) is 4.74 Å². The second-order valence-electron chi connectivity index (χ2n) is 4.81. The first-order chi connectivity index (χ1) is 5.43. The molecule has 72 valence electrons. The molecule has 0 aliphatic carbocycles. The van der Waals surface area contributed by atoms with Crippen molar-refractivity contribution in [1.29, 1.82) is 0 Å². The van der Waals surface area contributed by atoms with E-state index < -0.39 is 0 Å². The molecule has 1 heterocycles. The quantitative estimate of drug-likeness (QED) is 0.552. The van der Waals surface area contributed by atoms with Crippen LogP contribution in [-0.4, -0.2) is 35.7 Å². The van der Waals surface area contributed by atoms with Gasteiger partial charge >= 0.3 is 0 Å². The zero-order valence-electron chi connectivity index (χ0n) is 8.92. The van der Waals surface area contributed by atoms with Gasteiger partial charge in [0.2, 0.25) is 0 Å². The molecule has 0 aromatic rings. The Balaban J connectivity index is 2.69. The molecule has 1 aliphatic heterocycles. The van der Waals surface area contributed by atoms with Crippen LogP contribution in [0.4, 0.5) is 0 Å². The lowest BCUT2D eigenvalue weighted by Gasteiger charge is -2.47. The van der Waals surface area contributed by atoms with Gasteiger partial charge in [-0.15, -0.1) is 0 Å². The average Bonchev–Trinajstić information content (AvgIpc) is 1.82. The van der Waals surface area contributed by atoms with E-state index in [1.54, 1.807) is 0 Å². The van der Waals surface area contributed by atoms with Gasteiger partial charge in [0.25, 0.3) is 0 Å². The molecule has 0 amide bonds. The standard InChI is InChI=1S/C10H21NO/c1-8-6-12-7-9(2)11(8)10(3,4)5/h8-9H,6-7H2,1-5H3/t8-,9-/m0/s1. The number of rotatable bonds is 0. The molecule has 0 bridgehead atoms. The summed E-state index contributed by atoms with van der Waals surface area (Å²) in [5.41, 5.74) is 0.266. The van der Waals surface area contributed by atoms with Gasteiger partial charge in [0.1, 0.15) is 0 Å². The van der Waals surface area contributed by atoms with E-state index in [2.05, 4.69) is 39.5 Å². The Labute approximate surface area is 75.9 Å². The van der Waals surface area contributed by atoms with Gasteiger partial charge in [-0.2, -0.15) is 0 Å². The molecule has 0 radical (unpaired) electrons. The summed E-state index contributed by atoms with van der Waals surface area (Å²) in [5, 5.41) is 0. The molecule has 2 atom stereocenters. The smallest absolute Gasteiger partial charge is 0.0620 e. The van der Waals surface area contributed by atoms with Crippen LogP contribution in [0.2, 0.25) is 0 Å². The SMILES string of the molecule is C[C@H]1COC[C@H](C)N1C(C)(C)C. The molecule has 0 saturated carbocycles. The maximum atomic E-state index is 5.48. The number of hydrogen-bond donors (Lipinski definition) is 0. The monoisotopic (exact) mass is 171 g/mol. The molecule has 0 unspecified atom stereocenters. The largest absolute Gasteiger partial charge is 0.378 e. The van der Waals surface area contributed by atoms with Crippen molar-refractivity contribution < 1.29 is 4.74 Å². The van der Waals surface area contributed by atoms with Crippen LogP contribution in [0.25, 0.3) is 0 Å². The highest BCUT2D eigenvalue weighted by Crippen LogP contribution is 2.23. The summed E-state index contributed by atoms with van der Waals surface area (Å²) in [5.74, 6) is 0. The lowest BCUT2D eigenvalue weighted by molar-refractivity contribution is -0.0778. The van der Waals surface area contributed by atoms with E-state index in [0.29, 0.717) is 12.1 Å². The first-order valence-electron chi connectivity index (χ1n) is 4.79. The van der Waals surface area contributed by atoms with Crippen LogP contribution in [0.3, 0.4) is 0 Å².